The summed E-state index contributed by atoms with van der Waals surface area (Å²) >= 11 is 1.62. The molecule has 0 radical (unpaired) electrons. The number of rotatable bonds is 5. The summed E-state index contributed by atoms with van der Waals surface area (Å²) in [4.78, 5) is 31.7. The summed E-state index contributed by atoms with van der Waals surface area (Å²) in [6, 6.07) is 24.1. The second kappa shape index (κ2) is 9.58. The van der Waals surface area contributed by atoms with E-state index in [1.807, 2.05) is 83.1 Å². The van der Waals surface area contributed by atoms with Crippen molar-refractivity contribution in [3.8, 4) is 0 Å². The van der Waals surface area contributed by atoms with Gasteiger partial charge in [0, 0.05) is 21.8 Å². The smallest absolute Gasteiger partial charge is 0.272 e. The molecule has 4 aromatic rings. The predicted molar refractivity (Wildman–Crippen MR) is 144 cm³/mol. The molecule has 0 saturated heterocycles. The lowest BCUT2D eigenvalue weighted by Crippen LogP contribution is -2.63. The highest BCUT2D eigenvalue weighted by Gasteiger charge is 2.52. The molecule has 1 atom stereocenters. The van der Waals surface area contributed by atoms with Crippen LogP contribution in [0.1, 0.15) is 59.5 Å². The molecule has 1 saturated carbocycles. The standard InChI is InChI=1S/C30H31N3O2S/c34-28-27-19-22-11-8-9-17-26(22)32(27)21-30(23-12-4-3-5-13-23,33(28)20-25-16-10-18-36-25)29(35)31-24-14-6-1-2-7-15-24/h3-5,8-13,16-19,24H,1-2,6-7,14-15,20-21H2,(H,31,35)/t30-/m1/s1. The first-order chi connectivity index (χ1) is 17.7. The first-order valence-electron chi connectivity index (χ1n) is 13.0. The van der Waals surface area contributed by atoms with Crippen molar-refractivity contribution in [2.24, 2.45) is 0 Å². The number of benzene rings is 2. The molecule has 0 bridgehead atoms. The summed E-state index contributed by atoms with van der Waals surface area (Å²) in [5.74, 6) is -0.181. The van der Waals surface area contributed by atoms with Crippen LogP contribution in [0.25, 0.3) is 10.9 Å². The Bertz CT molecular complexity index is 1370. The second-order valence-corrected chi connectivity index (χ2v) is 11.1. The number of nitrogens with one attached hydrogen (secondary N) is 1. The van der Waals surface area contributed by atoms with Crippen molar-refractivity contribution in [2.75, 3.05) is 0 Å². The third-order valence-electron chi connectivity index (χ3n) is 7.83. The van der Waals surface area contributed by atoms with Crippen LogP contribution in [0, 0.1) is 0 Å². The van der Waals surface area contributed by atoms with Crippen LogP contribution in [0.3, 0.4) is 0 Å². The van der Waals surface area contributed by atoms with E-state index in [4.69, 9.17) is 0 Å². The Hall–Kier alpha value is -3.38. The summed E-state index contributed by atoms with van der Waals surface area (Å²) in [5.41, 5.74) is 1.33. The largest absolute Gasteiger partial charge is 0.351 e. The average molecular weight is 498 g/mol. The van der Waals surface area contributed by atoms with Gasteiger partial charge < -0.3 is 14.8 Å². The zero-order valence-corrected chi connectivity index (χ0v) is 21.2. The van der Waals surface area contributed by atoms with E-state index < -0.39 is 5.54 Å². The van der Waals surface area contributed by atoms with Gasteiger partial charge in [0.15, 0.2) is 5.54 Å². The maximum absolute atomic E-state index is 14.5. The van der Waals surface area contributed by atoms with Gasteiger partial charge in [0.25, 0.3) is 11.8 Å². The van der Waals surface area contributed by atoms with E-state index in [-0.39, 0.29) is 17.9 Å². The van der Waals surface area contributed by atoms with Crippen molar-refractivity contribution in [3.05, 3.63) is 94.3 Å². The Labute approximate surface area is 215 Å². The average Bonchev–Trinajstić information content (AvgIpc) is 3.48. The first-order valence-corrected chi connectivity index (χ1v) is 13.8. The van der Waals surface area contributed by atoms with Crippen LogP contribution in [-0.2, 0) is 23.4 Å². The van der Waals surface area contributed by atoms with Crippen molar-refractivity contribution in [1.82, 2.24) is 14.8 Å². The molecule has 0 unspecified atom stereocenters. The van der Waals surface area contributed by atoms with Crippen LogP contribution >= 0.6 is 11.3 Å². The van der Waals surface area contributed by atoms with Gasteiger partial charge in [-0.15, -0.1) is 11.3 Å². The molecule has 3 heterocycles. The van der Waals surface area contributed by atoms with E-state index in [1.54, 1.807) is 11.3 Å². The molecule has 6 heteroatoms. The molecule has 2 aliphatic rings. The van der Waals surface area contributed by atoms with E-state index >= 15 is 0 Å². The fourth-order valence-electron chi connectivity index (χ4n) is 5.96. The number of para-hydroxylation sites is 1. The van der Waals surface area contributed by atoms with E-state index in [1.165, 1.54) is 12.8 Å². The summed E-state index contributed by atoms with van der Waals surface area (Å²) in [6.07, 6.45) is 6.69. The Morgan fingerprint density at radius 3 is 2.44 bits per heavy atom. The minimum atomic E-state index is -1.15. The quantitative estimate of drug-likeness (QED) is 0.339. The van der Waals surface area contributed by atoms with E-state index in [0.29, 0.717) is 18.8 Å². The van der Waals surface area contributed by atoms with Crippen molar-refractivity contribution in [2.45, 2.75) is 63.2 Å². The lowest BCUT2D eigenvalue weighted by Gasteiger charge is -2.47. The number of hydrogen-bond donors (Lipinski definition) is 1. The van der Waals surface area contributed by atoms with Crippen LogP contribution in [0.5, 0.6) is 0 Å². The summed E-state index contributed by atoms with van der Waals surface area (Å²) < 4.78 is 2.06. The van der Waals surface area contributed by atoms with Gasteiger partial charge in [-0.3, -0.25) is 9.59 Å². The molecule has 1 fully saturated rings. The number of thiophene rings is 1. The maximum Gasteiger partial charge on any atom is 0.272 e. The third-order valence-corrected chi connectivity index (χ3v) is 8.70. The van der Waals surface area contributed by atoms with Gasteiger partial charge in [0.2, 0.25) is 0 Å². The molecular formula is C30H31N3O2S. The summed E-state index contributed by atoms with van der Waals surface area (Å²) in [7, 11) is 0. The number of nitrogens with zero attached hydrogens (tertiary/aromatic N) is 2. The maximum atomic E-state index is 14.5. The Balaban J connectivity index is 1.52. The van der Waals surface area contributed by atoms with Crippen molar-refractivity contribution < 1.29 is 9.59 Å². The Morgan fingerprint density at radius 2 is 1.69 bits per heavy atom. The van der Waals surface area contributed by atoms with Gasteiger partial charge in [-0.2, -0.15) is 0 Å². The van der Waals surface area contributed by atoms with Gasteiger partial charge >= 0.3 is 0 Å². The van der Waals surface area contributed by atoms with Gasteiger partial charge in [-0.1, -0.05) is 80.3 Å². The lowest BCUT2D eigenvalue weighted by molar-refractivity contribution is -0.136. The zero-order valence-electron chi connectivity index (χ0n) is 20.4. The van der Waals surface area contributed by atoms with Gasteiger partial charge in [0.05, 0.1) is 13.1 Å². The normalized spacial score (nSPS) is 20.8. The fraction of sp³-hybridized carbons (Fsp3) is 0.333. The van der Waals surface area contributed by atoms with Gasteiger partial charge in [0.1, 0.15) is 5.69 Å². The Kier molecular flexibility index (Phi) is 6.13. The molecule has 1 aliphatic carbocycles. The number of amides is 2. The van der Waals surface area contributed by atoms with E-state index in [9.17, 15) is 9.59 Å². The van der Waals surface area contributed by atoms with Crippen LogP contribution in [0.15, 0.2) is 78.2 Å². The fourth-order valence-corrected chi connectivity index (χ4v) is 6.66. The predicted octanol–water partition coefficient (Wildman–Crippen LogP) is 6.09. The zero-order chi connectivity index (χ0) is 24.5. The Morgan fingerprint density at radius 1 is 0.944 bits per heavy atom. The summed E-state index contributed by atoms with van der Waals surface area (Å²) in [6.45, 7) is 0.778. The SMILES string of the molecule is O=C1c2cc3ccccc3n2C[C@](C(=O)NC2CCCCCC2)(c2ccccc2)N1Cc1cccs1. The van der Waals surface area contributed by atoms with Crippen molar-refractivity contribution >= 4 is 34.1 Å². The van der Waals surface area contributed by atoms with E-state index in [0.717, 1.165) is 47.0 Å². The molecule has 2 aromatic heterocycles. The molecule has 6 rings (SSSR count). The minimum Gasteiger partial charge on any atom is -0.351 e. The third kappa shape index (κ3) is 3.94. The van der Waals surface area contributed by atoms with Crippen LogP contribution in [0.2, 0.25) is 0 Å². The van der Waals surface area contributed by atoms with Crippen molar-refractivity contribution in [1.29, 1.82) is 0 Å². The van der Waals surface area contributed by atoms with Gasteiger partial charge in [-0.25, -0.2) is 0 Å². The number of carbonyl (C=O) groups is 2. The topological polar surface area (TPSA) is 54.3 Å². The molecule has 0 spiro atoms. The molecule has 2 amide bonds. The molecule has 1 aliphatic heterocycles. The molecule has 36 heavy (non-hydrogen) atoms. The van der Waals surface area contributed by atoms with Crippen LogP contribution in [0.4, 0.5) is 0 Å². The highest BCUT2D eigenvalue weighted by atomic mass is 32.1. The summed E-state index contributed by atoms with van der Waals surface area (Å²) in [5, 5.41) is 6.47. The number of carbonyl (C=O) groups excluding carboxylic acids is 2. The highest BCUT2D eigenvalue weighted by molar-refractivity contribution is 7.09. The number of fused-ring (bicyclic) bond motifs is 3. The monoisotopic (exact) mass is 497 g/mol. The molecule has 1 N–H and O–H groups in total. The van der Waals surface area contributed by atoms with E-state index in [2.05, 4.69) is 9.88 Å². The van der Waals surface area contributed by atoms with Crippen LogP contribution in [-0.4, -0.2) is 27.3 Å². The minimum absolute atomic E-state index is 0.0751. The van der Waals surface area contributed by atoms with Gasteiger partial charge in [-0.05, 0) is 42.0 Å². The molecular weight excluding hydrogens is 466 g/mol. The molecule has 2 aromatic carbocycles. The second-order valence-electron chi connectivity index (χ2n) is 10.0. The first kappa shape index (κ1) is 23.0. The highest BCUT2D eigenvalue weighted by Crippen LogP contribution is 2.41. The number of aromatic nitrogens is 1. The van der Waals surface area contributed by atoms with Crippen LogP contribution < -0.4 is 5.32 Å². The molecule has 5 nitrogen and oxygen atoms in total. The van der Waals surface area contributed by atoms with Crippen molar-refractivity contribution in [3.63, 3.8) is 0 Å². The lowest BCUT2D eigenvalue weighted by atomic mass is 9.83. The number of hydrogen-bond acceptors (Lipinski definition) is 3. The molecule has 184 valence electrons.